The van der Waals surface area contributed by atoms with Crippen LogP contribution in [0, 0.1) is 6.92 Å². The van der Waals surface area contributed by atoms with Gasteiger partial charge in [0.2, 0.25) is 11.8 Å². The van der Waals surface area contributed by atoms with Gasteiger partial charge in [0.15, 0.2) is 0 Å². The summed E-state index contributed by atoms with van der Waals surface area (Å²) >= 11 is 13.8. The molecular weight excluding hydrogens is 487 g/mol. The number of likely N-dealkylation sites (N-methyl/N-ethyl adjacent to an activating group) is 1. The van der Waals surface area contributed by atoms with Gasteiger partial charge in [0.05, 0.1) is 15.8 Å². The summed E-state index contributed by atoms with van der Waals surface area (Å²) in [5, 5.41) is 3.59. The lowest BCUT2D eigenvalue weighted by molar-refractivity contribution is -0.139. The van der Waals surface area contributed by atoms with Crippen molar-refractivity contribution >= 4 is 46.8 Å². The van der Waals surface area contributed by atoms with Crippen LogP contribution in [-0.4, -0.2) is 35.6 Å². The number of halogens is 2. The molecule has 1 unspecified atom stereocenters. The van der Waals surface area contributed by atoms with Crippen molar-refractivity contribution in [3.63, 3.8) is 0 Å². The molecule has 3 aromatic rings. The Hall–Kier alpha value is -2.47. The molecule has 0 heterocycles. The van der Waals surface area contributed by atoms with Crippen LogP contribution in [0.4, 0.5) is 0 Å². The van der Waals surface area contributed by atoms with Crippen LogP contribution >= 0.6 is 35.0 Å². The highest BCUT2D eigenvalue weighted by atomic mass is 35.5. The quantitative estimate of drug-likeness (QED) is 0.365. The van der Waals surface area contributed by atoms with Gasteiger partial charge in [-0.2, -0.15) is 0 Å². The van der Waals surface area contributed by atoms with Gasteiger partial charge in [-0.05, 0) is 35.7 Å². The number of hydrogen-bond acceptors (Lipinski definition) is 3. The minimum atomic E-state index is -0.658. The highest BCUT2D eigenvalue weighted by Crippen LogP contribution is 2.25. The average molecular weight is 516 g/mol. The number of aryl methyl sites for hydroxylation is 1. The lowest BCUT2D eigenvalue weighted by Crippen LogP contribution is -2.50. The van der Waals surface area contributed by atoms with Crippen molar-refractivity contribution in [2.75, 3.05) is 12.8 Å². The van der Waals surface area contributed by atoms with E-state index in [-0.39, 0.29) is 24.1 Å². The van der Waals surface area contributed by atoms with Crippen molar-refractivity contribution in [2.45, 2.75) is 31.7 Å². The summed E-state index contributed by atoms with van der Waals surface area (Å²) in [7, 11) is 1.59. The fourth-order valence-corrected chi connectivity index (χ4v) is 4.87. The number of hydrogen-bond donors (Lipinski definition) is 1. The van der Waals surface area contributed by atoms with Gasteiger partial charge in [-0.3, -0.25) is 9.59 Å². The first kappa shape index (κ1) is 26.1. The highest BCUT2D eigenvalue weighted by molar-refractivity contribution is 7.99. The molecule has 178 valence electrons. The molecule has 7 heteroatoms. The molecule has 0 saturated heterocycles. The fraction of sp³-hybridized carbons (Fsp3) is 0.259. The number of carbonyl (C=O) groups excluding carboxylic acids is 2. The number of thioether (sulfide) groups is 1. The number of nitrogens with zero attached hydrogens (tertiary/aromatic N) is 1. The van der Waals surface area contributed by atoms with Gasteiger partial charge in [0.25, 0.3) is 0 Å². The van der Waals surface area contributed by atoms with E-state index in [2.05, 4.69) is 30.4 Å². The van der Waals surface area contributed by atoms with Crippen LogP contribution in [0.1, 0.15) is 22.3 Å². The molecule has 0 bridgehead atoms. The predicted molar refractivity (Wildman–Crippen MR) is 142 cm³/mol. The van der Waals surface area contributed by atoms with Gasteiger partial charge in [0.1, 0.15) is 6.04 Å². The second-order valence-electron chi connectivity index (χ2n) is 8.07. The first-order valence-electron chi connectivity index (χ1n) is 11.0. The minimum Gasteiger partial charge on any atom is -0.357 e. The molecule has 0 saturated carbocycles. The Morgan fingerprint density at radius 1 is 0.912 bits per heavy atom. The zero-order valence-electron chi connectivity index (χ0n) is 19.3. The molecule has 3 aromatic carbocycles. The van der Waals surface area contributed by atoms with Crippen LogP contribution in [0.25, 0.3) is 0 Å². The minimum absolute atomic E-state index is 0.103. The number of nitrogens with one attached hydrogen (secondary N) is 1. The van der Waals surface area contributed by atoms with Crippen LogP contribution in [0.5, 0.6) is 0 Å². The van der Waals surface area contributed by atoms with Crippen molar-refractivity contribution in [3.05, 3.63) is 105 Å². The molecule has 4 nitrogen and oxygen atoms in total. The van der Waals surface area contributed by atoms with E-state index in [0.717, 1.165) is 16.9 Å². The SMILES string of the molecule is CNC(=O)C(Cc1ccccc1)N(Cc1ccc(Cl)c(Cl)c1)C(=O)CSCc1cccc(C)c1. The standard InChI is InChI=1S/C27H28Cl2N2O2S/c1-19-7-6-10-22(13-19)17-34-18-26(32)31(16-21-11-12-23(28)24(29)14-21)25(27(33)30-2)15-20-8-4-3-5-9-20/h3-14,25H,15-18H2,1-2H3,(H,30,33). The van der Waals surface area contributed by atoms with Gasteiger partial charge >= 0.3 is 0 Å². The number of benzene rings is 3. The van der Waals surface area contributed by atoms with Gasteiger partial charge in [-0.15, -0.1) is 11.8 Å². The van der Waals surface area contributed by atoms with Gasteiger partial charge in [-0.1, -0.05) is 89.4 Å². The third kappa shape index (κ3) is 7.52. The van der Waals surface area contributed by atoms with Gasteiger partial charge in [0, 0.05) is 25.8 Å². The molecular formula is C27H28Cl2N2O2S. The molecule has 0 fully saturated rings. The fourth-order valence-electron chi connectivity index (χ4n) is 3.70. The van der Waals surface area contributed by atoms with E-state index in [1.54, 1.807) is 35.8 Å². The average Bonchev–Trinajstić information content (AvgIpc) is 2.83. The third-order valence-corrected chi connectivity index (χ3v) is 7.16. The Morgan fingerprint density at radius 2 is 1.65 bits per heavy atom. The molecule has 0 radical (unpaired) electrons. The van der Waals surface area contributed by atoms with Crippen LogP contribution in [0.15, 0.2) is 72.8 Å². The first-order valence-corrected chi connectivity index (χ1v) is 12.9. The monoisotopic (exact) mass is 514 g/mol. The molecule has 1 N–H and O–H groups in total. The zero-order valence-corrected chi connectivity index (χ0v) is 21.6. The summed E-state index contributed by atoms with van der Waals surface area (Å²) in [6, 6.07) is 22.6. The number of amides is 2. The lowest BCUT2D eigenvalue weighted by Gasteiger charge is -2.31. The topological polar surface area (TPSA) is 49.4 Å². The van der Waals surface area contributed by atoms with E-state index >= 15 is 0 Å². The van der Waals surface area contributed by atoms with Crippen LogP contribution < -0.4 is 5.32 Å². The first-order chi connectivity index (χ1) is 16.4. The summed E-state index contributed by atoms with van der Waals surface area (Å²) in [4.78, 5) is 28.1. The van der Waals surface area contributed by atoms with Gasteiger partial charge in [-0.25, -0.2) is 0 Å². The number of carbonyl (C=O) groups is 2. The Kier molecular flexibility index (Phi) is 9.87. The van der Waals surface area contributed by atoms with E-state index < -0.39 is 6.04 Å². The van der Waals surface area contributed by atoms with Crippen molar-refractivity contribution < 1.29 is 9.59 Å². The van der Waals surface area contributed by atoms with E-state index in [0.29, 0.717) is 16.5 Å². The van der Waals surface area contributed by atoms with Crippen molar-refractivity contribution in [3.8, 4) is 0 Å². The van der Waals surface area contributed by atoms with E-state index in [1.807, 2.05) is 42.5 Å². The maximum atomic E-state index is 13.5. The third-order valence-electron chi connectivity index (χ3n) is 5.43. The van der Waals surface area contributed by atoms with Crippen LogP contribution in [-0.2, 0) is 28.3 Å². The zero-order chi connectivity index (χ0) is 24.5. The van der Waals surface area contributed by atoms with Crippen LogP contribution in [0.2, 0.25) is 10.0 Å². The Labute approximate surface area is 215 Å². The van der Waals surface area contributed by atoms with E-state index in [4.69, 9.17) is 23.2 Å². The Morgan fingerprint density at radius 3 is 2.32 bits per heavy atom. The Bertz CT molecular complexity index is 1120. The number of rotatable bonds is 10. The van der Waals surface area contributed by atoms with Gasteiger partial charge < -0.3 is 10.2 Å². The second kappa shape index (κ2) is 12.8. The molecule has 2 amide bonds. The van der Waals surface area contributed by atoms with Crippen molar-refractivity contribution in [2.24, 2.45) is 0 Å². The molecule has 0 aliphatic heterocycles. The van der Waals surface area contributed by atoms with E-state index in [9.17, 15) is 9.59 Å². The molecule has 0 spiro atoms. The van der Waals surface area contributed by atoms with Crippen molar-refractivity contribution in [1.82, 2.24) is 10.2 Å². The largest absolute Gasteiger partial charge is 0.357 e. The molecule has 34 heavy (non-hydrogen) atoms. The molecule has 3 rings (SSSR count). The second-order valence-corrected chi connectivity index (χ2v) is 9.87. The van der Waals surface area contributed by atoms with E-state index in [1.165, 1.54) is 11.1 Å². The lowest BCUT2D eigenvalue weighted by atomic mass is 10.0. The molecule has 0 aromatic heterocycles. The maximum Gasteiger partial charge on any atom is 0.242 e. The Balaban J connectivity index is 1.83. The molecule has 0 aliphatic carbocycles. The summed E-state index contributed by atoms with van der Waals surface area (Å²) < 4.78 is 0. The highest BCUT2D eigenvalue weighted by Gasteiger charge is 2.29. The normalized spacial score (nSPS) is 11.6. The summed E-state index contributed by atoms with van der Waals surface area (Å²) in [6.45, 7) is 2.31. The summed E-state index contributed by atoms with van der Waals surface area (Å²) in [6.07, 6.45) is 0.413. The molecule has 0 aliphatic rings. The predicted octanol–water partition coefficient (Wildman–Crippen LogP) is 5.92. The molecule has 1 atom stereocenters. The maximum absolute atomic E-state index is 13.5. The smallest absolute Gasteiger partial charge is 0.242 e. The summed E-state index contributed by atoms with van der Waals surface area (Å²) in [5.74, 6) is 0.670. The van der Waals surface area contributed by atoms with Crippen molar-refractivity contribution in [1.29, 1.82) is 0 Å². The summed E-state index contributed by atoms with van der Waals surface area (Å²) in [5.41, 5.74) is 4.15. The van der Waals surface area contributed by atoms with Crippen LogP contribution in [0.3, 0.4) is 0 Å².